The molecular weight excluding hydrogens is 250 g/mol. The quantitative estimate of drug-likeness (QED) is 0.902. The summed E-state index contributed by atoms with van der Waals surface area (Å²) >= 11 is 0. The van der Waals surface area contributed by atoms with Crippen LogP contribution in [0, 0.1) is 0 Å². The first-order valence-electron chi connectivity index (χ1n) is 7.48. The summed E-state index contributed by atoms with van der Waals surface area (Å²) in [6.45, 7) is 8.66. The molecule has 110 valence electrons. The second-order valence-electron chi connectivity index (χ2n) is 5.46. The van der Waals surface area contributed by atoms with Gasteiger partial charge in [0.15, 0.2) is 0 Å². The molecule has 2 rings (SSSR count). The van der Waals surface area contributed by atoms with E-state index in [4.69, 9.17) is 5.73 Å². The van der Waals surface area contributed by atoms with Crippen LogP contribution < -0.4 is 5.73 Å². The van der Waals surface area contributed by atoms with Crippen molar-refractivity contribution in [2.24, 2.45) is 5.73 Å². The Morgan fingerprint density at radius 1 is 1.30 bits per heavy atom. The van der Waals surface area contributed by atoms with Gasteiger partial charge in [0, 0.05) is 31.2 Å². The molecule has 1 aromatic carbocycles. The van der Waals surface area contributed by atoms with Gasteiger partial charge in [-0.25, -0.2) is 0 Å². The molecule has 1 heterocycles. The van der Waals surface area contributed by atoms with Crippen LogP contribution in [0.1, 0.15) is 29.8 Å². The molecular formula is C16H25N3O. The van der Waals surface area contributed by atoms with Crippen LogP contribution in [0.2, 0.25) is 0 Å². The van der Waals surface area contributed by atoms with E-state index in [0.29, 0.717) is 12.6 Å². The van der Waals surface area contributed by atoms with Crippen LogP contribution in [0.5, 0.6) is 0 Å². The number of carbonyl (C=O) groups excluding carboxylic acids is 1. The van der Waals surface area contributed by atoms with Crippen molar-refractivity contribution in [1.29, 1.82) is 0 Å². The van der Waals surface area contributed by atoms with Gasteiger partial charge in [-0.2, -0.15) is 0 Å². The molecule has 4 heteroatoms. The number of nitrogens with two attached hydrogens (primary N) is 1. The summed E-state index contributed by atoms with van der Waals surface area (Å²) in [6, 6.07) is 8.29. The molecule has 1 aliphatic rings. The summed E-state index contributed by atoms with van der Waals surface area (Å²) in [4.78, 5) is 16.9. The Bertz CT molecular complexity index is 444. The minimum absolute atomic E-state index is 0.145. The SMILES string of the molecule is CCN1CCN(C(=O)c2ccc(CCN)cc2)CC1C. The van der Waals surface area contributed by atoms with Crippen molar-refractivity contribution in [3.05, 3.63) is 35.4 Å². The Hall–Kier alpha value is -1.39. The Morgan fingerprint density at radius 2 is 2.00 bits per heavy atom. The summed E-state index contributed by atoms with van der Waals surface area (Å²) in [5.41, 5.74) is 7.51. The van der Waals surface area contributed by atoms with Crippen LogP contribution in [0.3, 0.4) is 0 Å². The molecule has 20 heavy (non-hydrogen) atoms. The molecule has 0 aromatic heterocycles. The molecule has 1 unspecified atom stereocenters. The summed E-state index contributed by atoms with van der Waals surface area (Å²) < 4.78 is 0. The lowest BCUT2D eigenvalue weighted by Gasteiger charge is -2.39. The number of rotatable bonds is 4. The maximum Gasteiger partial charge on any atom is 0.253 e. The Labute approximate surface area is 121 Å². The molecule has 0 radical (unpaired) electrons. The van der Waals surface area contributed by atoms with Gasteiger partial charge in [-0.05, 0) is 44.1 Å². The van der Waals surface area contributed by atoms with E-state index in [1.165, 1.54) is 5.56 Å². The van der Waals surface area contributed by atoms with Gasteiger partial charge >= 0.3 is 0 Å². The third-order valence-electron chi connectivity index (χ3n) is 4.09. The molecule has 1 aromatic rings. The second-order valence-corrected chi connectivity index (χ2v) is 5.46. The van der Waals surface area contributed by atoms with Crippen LogP contribution in [0.4, 0.5) is 0 Å². The lowest BCUT2D eigenvalue weighted by atomic mass is 10.1. The number of nitrogens with zero attached hydrogens (tertiary/aromatic N) is 2. The zero-order valence-corrected chi connectivity index (χ0v) is 12.5. The Balaban J connectivity index is 2.00. The van der Waals surface area contributed by atoms with Crippen molar-refractivity contribution in [1.82, 2.24) is 9.80 Å². The number of piperazine rings is 1. The molecule has 2 N–H and O–H groups in total. The van der Waals surface area contributed by atoms with Gasteiger partial charge in [-0.3, -0.25) is 9.69 Å². The summed E-state index contributed by atoms with van der Waals surface area (Å²) in [7, 11) is 0. The largest absolute Gasteiger partial charge is 0.336 e. The molecule has 1 aliphatic heterocycles. The number of carbonyl (C=O) groups is 1. The number of likely N-dealkylation sites (N-methyl/N-ethyl adjacent to an activating group) is 1. The lowest BCUT2D eigenvalue weighted by Crippen LogP contribution is -2.53. The highest BCUT2D eigenvalue weighted by Gasteiger charge is 2.26. The highest BCUT2D eigenvalue weighted by Crippen LogP contribution is 2.13. The Kier molecular flexibility index (Phi) is 5.15. The van der Waals surface area contributed by atoms with Gasteiger partial charge in [0.25, 0.3) is 5.91 Å². The molecule has 0 saturated carbocycles. The fourth-order valence-corrected chi connectivity index (χ4v) is 2.81. The van der Waals surface area contributed by atoms with E-state index in [0.717, 1.165) is 38.2 Å². The molecule has 0 bridgehead atoms. The van der Waals surface area contributed by atoms with Gasteiger partial charge in [0.2, 0.25) is 0 Å². The smallest absolute Gasteiger partial charge is 0.253 e. The molecule has 0 spiro atoms. The highest BCUT2D eigenvalue weighted by molar-refractivity contribution is 5.94. The zero-order chi connectivity index (χ0) is 14.5. The predicted molar refractivity (Wildman–Crippen MR) is 81.8 cm³/mol. The van der Waals surface area contributed by atoms with Crippen molar-refractivity contribution >= 4 is 5.91 Å². The Morgan fingerprint density at radius 3 is 2.55 bits per heavy atom. The van der Waals surface area contributed by atoms with E-state index in [1.54, 1.807) is 0 Å². The first-order valence-corrected chi connectivity index (χ1v) is 7.48. The van der Waals surface area contributed by atoms with E-state index in [9.17, 15) is 4.79 Å². The summed E-state index contributed by atoms with van der Waals surface area (Å²) in [6.07, 6.45) is 0.862. The molecule has 1 saturated heterocycles. The van der Waals surface area contributed by atoms with Crippen molar-refractivity contribution in [2.45, 2.75) is 26.3 Å². The monoisotopic (exact) mass is 275 g/mol. The number of benzene rings is 1. The maximum atomic E-state index is 12.5. The normalized spacial score (nSPS) is 20.1. The second kappa shape index (κ2) is 6.86. The van der Waals surface area contributed by atoms with E-state index < -0.39 is 0 Å². The number of amides is 1. The van der Waals surface area contributed by atoms with Gasteiger partial charge in [0.05, 0.1) is 0 Å². The average Bonchev–Trinajstić information content (AvgIpc) is 2.47. The molecule has 1 atom stereocenters. The standard InChI is InChI=1S/C16H25N3O/c1-3-18-10-11-19(12-13(18)2)16(20)15-6-4-14(5-7-15)8-9-17/h4-7,13H,3,8-12,17H2,1-2H3. The van der Waals surface area contributed by atoms with Crippen molar-refractivity contribution in [2.75, 3.05) is 32.7 Å². The first-order chi connectivity index (χ1) is 9.65. The minimum atomic E-state index is 0.145. The van der Waals surface area contributed by atoms with Crippen LogP contribution in [0.15, 0.2) is 24.3 Å². The van der Waals surface area contributed by atoms with Crippen LogP contribution >= 0.6 is 0 Å². The van der Waals surface area contributed by atoms with Crippen molar-refractivity contribution in [3.63, 3.8) is 0 Å². The van der Waals surface area contributed by atoms with Gasteiger partial charge in [-0.1, -0.05) is 19.1 Å². The fraction of sp³-hybridized carbons (Fsp3) is 0.562. The molecule has 0 aliphatic carbocycles. The minimum Gasteiger partial charge on any atom is -0.336 e. The topological polar surface area (TPSA) is 49.6 Å². The molecule has 4 nitrogen and oxygen atoms in total. The van der Waals surface area contributed by atoms with E-state index in [2.05, 4.69) is 18.7 Å². The zero-order valence-electron chi connectivity index (χ0n) is 12.5. The number of hydrogen-bond donors (Lipinski definition) is 1. The first kappa shape index (κ1) is 15.0. The van der Waals surface area contributed by atoms with Crippen LogP contribution in [-0.4, -0.2) is 54.5 Å². The van der Waals surface area contributed by atoms with E-state index in [-0.39, 0.29) is 5.91 Å². The maximum absolute atomic E-state index is 12.5. The highest BCUT2D eigenvalue weighted by atomic mass is 16.2. The van der Waals surface area contributed by atoms with Gasteiger partial charge in [0.1, 0.15) is 0 Å². The third-order valence-corrected chi connectivity index (χ3v) is 4.09. The van der Waals surface area contributed by atoms with Crippen LogP contribution in [-0.2, 0) is 6.42 Å². The van der Waals surface area contributed by atoms with Crippen LogP contribution in [0.25, 0.3) is 0 Å². The number of hydrogen-bond acceptors (Lipinski definition) is 3. The molecule has 1 amide bonds. The molecule has 1 fully saturated rings. The third kappa shape index (κ3) is 3.38. The van der Waals surface area contributed by atoms with E-state index >= 15 is 0 Å². The van der Waals surface area contributed by atoms with E-state index in [1.807, 2.05) is 29.2 Å². The summed E-state index contributed by atoms with van der Waals surface area (Å²) in [5.74, 6) is 0.145. The van der Waals surface area contributed by atoms with Gasteiger partial charge in [-0.15, -0.1) is 0 Å². The van der Waals surface area contributed by atoms with Crippen molar-refractivity contribution in [3.8, 4) is 0 Å². The lowest BCUT2D eigenvalue weighted by molar-refractivity contribution is 0.0528. The van der Waals surface area contributed by atoms with Gasteiger partial charge < -0.3 is 10.6 Å². The fourth-order valence-electron chi connectivity index (χ4n) is 2.81. The van der Waals surface area contributed by atoms with Crippen molar-refractivity contribution < 1.29 is 4.79 Å². The average molecular weight is 275 g/mol. The summed E-state index contributed by atoms with van der Waals surface area (Å²) in [5, 5.41) is 0. The predicted octanol–water partition coefficient (Wildman–Crippen LogP) is 1.35.